The second kappa shape index (κ2) is 4.52. The van der Waals surface area contributed by atoms with Gasteiger partial charge in [-0.15, -0.1) is 0 Å². The lowest BCUT2D eigenvalue weighted by atomic mass is 10.1. The number of aliphatic hydroxyl groups excluding tert-OH is 3. The van der Waals surface area contributed by atoms with Crippen molar-refractivity contribution in [1.29, 1.82) is 0 Å². The summed E-state index contributed by atoms with van der Waals surface area (Å²) in [4.78, 5) is 19.2. The van der Waals surface area contributed by atoms with Crippen LogP contribution in [0, 0.1) is 0 Å². The summed E-state index contributed by atoms with van der Waals surface area (Å²) >= 11 is 0. The highest BCUT2D eigenvalue weighted by Gasteiger charge is 2.44. The van der Waals surface area contributed by atoms with Crippen LogP contribution in [0.25, 0.3) is 11.2 Å². The molecule has 0 amide bonds. The molecule has 1 aliphatic rings. The van der Waals surface area contributed by atoms with Gasteiger partial charge in [0.2, 0.25) is 0 Å². The van der Waals surface area contributed by atoms with Gasteiger partial charge < -0.3 is 30.2 Å². The molecule has 0 radical (unpaired) electrons. The molecule has 0 bridgehead atoms. The van der Waals surface area contributed by atoms with Gasteiger partial charge in [-0.3, -0.25) is 4.57 Å². The molecule has 3 rings (SSSR count). The molecule has 3 heterocycles. The maximum Gasteiger partial charge on any atom is 0.368 e. The molecular formula is C10H12N4O6. The first kappa shape index (κ1) is 13.0. The van der Waals surface area contributed by atoms with Crippen LogP contribution in [0.1, 0.15) is 6.23 Å². The molecule has 10 nitrogen and oxygen atoms in total. The number of fused-ring (bicyclic) bond motifs is 1. The summed E-state index contributed by atoms with van der Waals surface area (Å²) in [5.41, 5.74) is 4.58. The summed E-state index contributed by atoms with van der Waals surface area (Å²) in [6.07, 6.45) is -3.33. The number of imidazole rings is 1. The van der Waals surface area contributed by atoms with Crippen LogP contribution >= 0.6 is 0 Å². The van der Waals surface area contributed by atoms with Crippen LogP contribution in [-0.4, -0.2) is 54.8 Å². The molecule has 108 valence electrons. The third kappa shape index (κ3) is 1.78. The zero-order valence-electron chi connectivity index (χ0n) is 10.1. The molecule has 20 heavy (non-hydrogen) atoms. The van der Waals surface area contributed by atoms with E-state index in [2.05, 4.69) is 14.4 Å². The summed E-state index contributed by atoms with van der Waals surface area (Å²) in [5.74, 6) is 0. The highest BCUT2D eigenvalue weighted by molar-refractivity contribution is 5.69. The molecule has 1 fully saturated rings. The summed E-state index contributed by atoms with van der Waals surface area (Å²) in [6.45, 7) is -0.459. The number of rotatable bonds is 2. The topological polar surface area (TPSA) is 157 Å². The normalized spacial score (nSPS) is 30.1. The fourth-order valence-electron chi connectivity index (χ4n) is 2.18. The Balaban J connectivity index is 2.09. The fraction of sp³-hybridized carbons (Fsp3) is 0.500. The molecule has 1 aliphatic heterocycles. The van der Waals surface area contributed by atoms with Gasteiger partial charge in [-0.2, -0.15) is 4.98 Å². The van der Waals surface area contributed by atoms with Crippen molar-refractivity contribution in [1.82, 2.24) is 14.5 Å². The molecular weight excluding hydrogens is 272 g/mol. The van der Waals surface area contributed by atoms with Gasteiger partial charge in [0, 0.05) is 0 Å². The van der Waals surface area contributed by atoms with Crippen molar-refractivity contribution < 1.29 is 24.5 Å². The van der Waals surface area contributed by atoms with Gasteiger partial charge in [0.15, 0.2) is 17.4 Å². The number of hydrogen-bond donors (Lipinski definition) is 4. The number of hydrogen-bond acceptors (Lipinski definition) is 9. The smallest absolute Gasteiger partial charge is 0.368 e. The second-order valence-corrected chi connectivity index (χ2v) is 4.39. The highest BCUT2D eigenvalue weighted by Crippen LogP contribution is 2.30. The molecule has 5 N–H and O–H groups in total. The van der Waals surface area contributed by atoms with Crippen LogP contribution in [0.2, 0.25) is 0 Å². The standard InChI is InChI=1S/C10H12N4O6/c11-10-13-7-4(9(18)20-10)12-2-14(7)8-6(17)5(16)3(1-15)19-8/h2-3,5-6,8,15-17H,1H2,(H2,11,13)/t3-,5-,6-,8?/m1/s1. The Labute approximate surface area is 111 Å². The number of nitrogens with two attached hydrogens (primary N) is 1. The van der Waals surface area contributed by atoms with Crippen LogP contribution in [0.5, 0.6) is 0 Å². The maximum absolute atomic E-state index is 11.5. The number of nitrogen functional groups attached to an aromatic ring is 1. The van der Waals surface area contributed by atoms with E-state index >= 15 is 0 Å². The summed E-state index contributed by atoms with van der Waals surface area (Å²) < 4.78 is 11.2. The van der Waals surface area contributed by atoms with Gasteiger partial charge in [0.05, 0.1) is 12.9 Å². The van der Waals surface area contributed by atoms with Crippen molar-refractivity contribution in [2.45, 2.75) is 24.5 Å². The van der Waals surface area contributed by atoms with Gasteiger partial charge in [0.1, 0.15) is 18.3 Å². The van der Waals surface area contributed by atoms with E-state index in [1.165, 1.54) is 10.9 Å². The lowest BCUT2D eigenvalue weighted by Crippen LogP contribution is -2.33. The van der Waals surface area contributed by atoms with E-state index in [4.69, 9.17) is 15.6 Å². The first-order chi connectivity index (χ1) is 9.52. The molecule has 2 aromatic heterocycles. The molecule has 0 aliphatic carbocycles. The molecule has 1 unspecified atom stereocenters. The number of anilines is 1. The van der Waals surface area contributed by atoms with Crippen LogP contribution in [0.15, 0.2) is 15.5 Å². The monoisotopic (exact) mass is 284 g/mol. The van der Waals surface area contributed by atoms with Gasteiger partial charge in [-0.05, 0) is 0 Å². The second-order valence-electron chi connectivity index (χ2n) is 4.39. The van der Waals surface area contributed by atoms with Crippen molar-refractivity contribution in [3.63, 3.8) is 0 Å². The van der Waals surface area contributed by atoms with Crippen molar-refractivity contribution >= 4 is 17.2 Å². The zero-order chi connectivity index (χ0) is 14.4. The Morgan fingerprint density at radius 1 is 1.40 bits per heavy atom. The Morgan fingerprint density at radius 3 is 2.80 bits per heavy atom. The van der Waals surface area contributed by atoms with Gasteiger partial charge in [-0.25, -0.2) is 9.78 Å². The molecule has 0 spiro atoms. The number of aromatic nitrogens is 3. The van der Waals surface area contributed by atoms with E-state index in [0.29, 0.717) is 0 Å². The third-order valence-corrected chi connectivity index (χ3v) is 3.17. The van der Waals surface area contributed by atoms with Crippen molar-refractivity contribution in [3.8, 4) is 0 Å². The summed E-state index contributed by atoms with van der Waals surface area (Å²) in [7, 11) is 0. The van der Waals surface area contributed by atoms with Gasteiger partial charge in [-0.1, -0.05) is 0 Å². The van der Waals surface area contributed by atoms with Crippen molar-refractivity contribution in [2.24, 2.45) is 0 Å². The quantitative estimate of drug-likeness (QED) is 0.471. The van der Waals surface area contributed by atoms with Crippen LogP contribution < -0.4 is 11.4 Å². The average Bonchev–Trinajstić information content (AvgIpc) is 2.93. The molecule has 10 heteroatoms. The molecule has 2 aromatic rings. The van der Waals surface area contributed by atoms with E-state index in [-0.39, 0.29) is 17.2 Å². The van der Waals surface area contributed by atoms with Gasteiger partial charge >= 0.3 is 5.63 Å². The molecule has 0 saturated carbocycles. The Bertz CT molecular complexity index is 697. The third-order valence-electron chi connectivity index (χ3n) is 3.17. The molecule has 4 atom stereocenters. The van der Waals surface area contributed by atoms with Gasteiger partial charge in [0.25, 0.3) is 6.01 Å². The minimum atomic E-state index is -1.31. The number of nitrogens with zero attached hydrogens (tertiary/aromatic N) is 3. The fourth-order valence-corrected chi connectivity index (χ4v) is 2.18. The van der Waals surface area contributed by atoms with E-state index in [0.717, 1.165) is 0 Å². The highest BCUT2D eigenvalue weighted by atomic mass is 16.6. The largest absolute Gasteiger partial charge is 0.394 e. The van der Waals surface area contributed by atoms with Crippen molar-refractivity contribution in [2.75, 3.05) is 12.3 Å². The van der Waals surface area contributed by atoms with Crippen LogP contribution in [0.4, 0.5) is 6.01 Å². The van der Waals surface area contributed by atoms with Crippen LogP contribution in [-0.2, 0) is 4.74 Å². The minimum Gasteiger partial charge on any atom is -0.394 e. The first-order valence-electron chi connectivity index (χ1n) is 5.78. The number of ether oxygens (including phenoxy) is 1. The van der Waals surface area contributed by atoms with Crippen molar-refractivity contribution in [3.05, 3.63) is 16.7 Å². The van der Waals surface area contributed by atoms with E-state index in [1.54, 1.807) is 0 Å². The lowest BCUT2D eigenvalue weighted by molar-refractivity contribution is -0.0511. The van der Waals surface area contributed by atoms with Crippen LogP contribution in [0.3, 0.4) is 0 Å². The Morgan fingerprint density at radius 2 is 2.15 bits per heavy atom. The number of aliphatic hydroxyl groups is 3. The van der Waals surface area contributed by atoms with E-state index < -0.39 is 36.8 Å². The SMILES string of the molecule is Nc1nc2c(ncn2C2O[C@H](CO)[C@@H](O)[C@H]2O)c(=O)o1. The summed E-state index contributed by atoms with van der Waals surface area (Å²) in [5, 5.41) is 28.7. The molecule has 1 saturated heterocycles. The lowest BCUT2D eigenvalue weighted by Gasteiger charge is -2.16. The summed E-state index contributed by atoms with van der Waals surface area (Å²) in [6, 6.07) is -0.351. The maximum atomic E-state index is 11.5. The Hall–Kier alpha value is -2.01. The predicted molar refractivity (Wildman–Crippen MR) is 63.5 cm³/mol. The van der Waals surface area contributed by atoms with E-state index in [1.807, 2.05) is 0 Å². The first-order valence-corrected chi connectivity index (χ1v) is 5.78. The minimum absolute atomic E-state index is 0.0635. The van der Waals surface area contributed by atoms with E-state index in [9.17, 15) is 15.0 Å². The average molecular weight is 284 g/mol. The zero-order valence-corrected chi connectivity index (χ0v) is 10.1. The predicted octanol–water partition coefficient (Wildman–Crippen LogP) is -2.42. The Kier molecular flexibility index (Phi) is 2.94. The molecule has 0 aromatic carbocycles.